The molecule has 1 N–H and O–H groups in total. The molecule has 5 heteroatoms. The van der Waals surface area contributed by atoms with E-state index in [0.717, 1.165) is 23.4 Å². The molecule has 1 saturated carbocycles. The smallest absolute Gasteiger partial charge is 0.133 e. The van der Waals surface area contributed by atoms with E-state index >= 15 is 0 Å². The van der Waals surface area contributed by atoms with Crippen molar-refractivity contribution in [2.24, 2.45) is 0 Å². The summed E-state index contributed by atoms with van der Waals surface area (Å²) in [6, 6.07) is 3.27. The Morgan fingerprint density at radius 3 is 2.85 bits per heavy atom. The number of hydrogen-bond donors (Lipinski definition) is 1. The van der Waals surface area contributed by atoms with Gasteiger partial charge in [0.2, 0.25) is 0 Å². The zero-order chi connectivity index (χ0) is 14.5. The van der Waals surface area contributed by atoms with E-state index in [0.29, 0.717) is 18.7 Å². The molecule has 1 aliphatic rings. The van der Waals surface area contributed by atoms with E-state index in [1.807, 2.05) is 6.20 Å². The van der Waals surface area contributed by atoms with Gasteiger partial charge in [-0.05, 0) is 48.7 Å². The number of halogens is 1. The number of nitrogens with zero attached hydrogens (tertiary/aromatic N) is 2. The number of anilines is 1. The van der Waals surface area contributed by atoms with Crippen molar-refractivity contribution in [2.45, 2.75) is 45.3 Å². The van der Waals surface area contributed by atoms with Gasteiger partial charge in [0, 0.05) is 48.5 Å². The fourth-order valence-corrected chi connectivity index (χ4v) is 2.58. The molecule has 0 saturated heterocycles. The maximum absolute atomic E-state index is 5.22. The molecule has 1 heterocycles. The van der Waals surface area contributed by atoms with Crippen LogP contribution in [-0.2, 0) is 11.3 Å². The number of hydrogen-bond acceptors (Lipinski definition) is 4. The lowest BCUT2D eigenvalue weighted by molar-refractivity contribution is 0.203. The van der Waals surface area contributed by atoms with Gasteiger partial charge < -0.3 is 15.0 Å². The predicted octanol–water partition coefficient (Wildman–Crippen LogP) is 2.96. The van der Waals surface area contributed by atoms with Gasteiger partial charge in [-0.1, -0.05) is 0 Å². The van der Waals surface area contributed by atoms with Crippen molar-refractivity contribution >= 4 is 21.7 Å². The number of aromatic nitrogens is 1. The van der Waals surface area contributed by atoms with Crippen molar-refractivity contribution in [1.82, 2.24) is 10.3 Å². The number of rotatable bonds is 8. The molecule has 0 atom stereocenters. The molecule has 0 amide bonds. The Balaban J connectivity index is 2.16. The number of nitrogens with one attached hydrogen (secondary N) is 1. The van der Waals surface area contributed by atoms with E-state index < -0.39 is 0 Å². The lowest BCUT2D eigenvalue weighted by atomic mass is 10.2. The molecular weight excluding hydrogens is 318 g/mol. The fraction of sp³-hybridized carbons (Fsp3) is 0.667. The molecule has 1 aliphatic carbocycles. The van der Waals surface area contributed by atoms with E-state index in [4.69, 9.17) is 4.74 Å². The van der Waals surface area contributed by atoms with Crippen LogP contribution >= 0.6 is 15.9 Å². The van der Waals surface area contributed by atoms with Crippen molar-refractivity contribution in [3.05, 3.63) is 22.3 Å². The van der Waals surface area contributed by atoms with Crippen LogP contribution in [0.25, 0.3) is 0 Å². The van der Waals surface area contributed by atoms with Crippen molar-refractivity contribution in [3.8, 4) is 0 Å². The summed E-state index contributed by atoms with van der Waals surface area (Å²) in [5.41, 5.74) is 1.25. The number of methoxy groups -OCH3 is 1. The second kappa shape index (κ2) is 7.38. The molecule has 0 aromatic carbocycles. The molecule has 0 bridgehead atoms. The lowest BCUT2D eigenvalue weighted by Gasteiger charge is -2.29. The monoisotopic (exact) mass is 341 g/mol. The molecule has 1 aromatic heterocycles. The van der Waals surface area contributed by atoms with E-state index in [2.05, 4.69) is 51.0 Å². The minimum absolute atomic E-state index is 0.401. The van der Waals surface area contributed by atoms with Gasteiger partial charge in [-0.2, -0.15) is 0 Å². The molecule has 112 valence electrons. The van der Waals surface area contributed by atoms with Crippen LogP contribution in [0.4, 0.5) is 5.82 Å². The SMILES string of the molecule is COCCN(c1ncc(Br)cc1CNC1CC1)C(C)C. The highest BCUT2D eigenvalue weighted by molar-refractivity contribution is 9.10. The summed E-state index contributed by atoms with van der Waals surface area (Å²) in [6.45, 7) is 6.84. The Morgan fingerprint density at radius 2 is 2.25 bits per heavy atom. The van der Waals surface area contributed by atoms with E-state index in [-0.39, 0.29) is 0 Å². The Morgan fingerprint density at radius 1 is 1.50 bits per heavy atom. The summed E-state index contributed by atoms with van der Waals surface area (Å²) >= 11 is 3.52. The fourth-order valence-electron chi connectivity index (χ4n) is 2.20. The van der Waals surface area contributed by atoms with Gasteiger partial charge in [-0.15, -0.1) is 0 Å². The maximum atomic E-state index is 5.22. The van der Waals surface area contributed by atoms with E-state index in [1.165, 1.54) is 18.4 Å². The van der Waals surface area contributed by atoms with Crippen LogP contribution in [0.3, 0.4) is 0 Å². The van der Waals surface area contributed by atoms with Gasteiger partial charge in [-0.3, -0.25) is 0 Å². The van der Waals surface area contributed by atoms with Crippen molar-refractivity contribution in [2.75, 3.05) is 25.2 Å². The second-order valence-corrected chi connectivity index (χ2v) is 6.49. The van der Waals surface area contributed by atoms with E-state index in [1.54, 1.807) is 7.11 Å². The number of ether oxygens (including phenoxy) is 1. The summed E-state index contributed by atoms with van der Waals surface area (Å²) in [6.07, 6.45) is 4.47. The average Bonchev–Trinajstić information content (AvgIpc) is 3.22. The first-order chi connectivity index (χ1) is 9.61. The summed E-state index contributed by atoms with van der Waals surface area (Å²) in [4.78, 5) is 6.94. The Hall–Kier alpha value is -0.650. The minimum Gasteiger partial charge on any atom is -0.383 e. The van der Waals surface area contributed by atoms with Crippen LogP contribution < -0.4 is 10.2 Å². The molecule has 0 spiro atoms. The Kier molecular flexibility index (Phi) is 5.81. The summed E-state index contributed by atoms with van der Waals surface area (Å²) in [7, 11) is 1.74. The summed E-state index contributed by atoms with van der Waals surface area (Å²) < 4.78 is 6.25. The first-order valence-corrected chi connectivity index (χ1v) is 8.04. The van der Waals surface area contributed by atoms with Gasteiger partial charge in [0.05, 0.1) is 6.61 Å². The van der Waals surface area contributed by atoms with Crippen LogP contribution in [0.1, 0.15) is 32.3 Å². The maximum Gasteiger partial charge on any atom is 0.133 e. The van der Waals surface area contributed by atoms with Crippen LogP contribution in [-0.4, -0.2) is 37.3 Å². The van der Waals surface area contributed by atoms with Gasteiger partial charge >= 0.3 is 0 Å². The predicted molar refractivity (Wildman–Crippen MR) is 86.2 cm³/mol. The molecule has 0 radical (unpaired) electrons. The summed E-state index contributed by atoms with van der Waals surface area (Å²) in [5.74, 6) is 1.06. The van der Waals surface area contributed by atoms with Crippen molar-refractivity contribution in [3.63, 3.8) is 0 Å². The Bertz CT molecular complexity index is 435. The van der Waals surface area contributed by atoms with Gasteiger partial charge in [0.1, 0.15) is 5.82 Å². The third-order valence-corrected chi connectivity index (χ3v) is 3.93. The lowest BCUT2D eigenvalue weighted by Crippen LogP contribution is -2.35. The molecule has 0 unspecified atom stereocenters. The first kappa shape index (κ1) is 15.7. The van der Waals surface area contributed by atoms with Crippen molar-refractivity contribution in [1.29, 1.82) is 0 Å². The largest absolute Gasteiger partial charge is 0.383 e. The number of pyridine rings is 1. The first-order valence-electron chi connectivity index (χ1n) is 7.25. The molecule has 1 aromatic rings. The van der Waals surface area contributed by atoms with Crippen molar-refractivity contribution < 1.29 is 4.74 Å². The average molecular weight is 342 g/mol. The summed E-state index contributed by atoms with van der Waals surface area (Å²) in [5, 5.41) is 3.57. The molecule has 0 aliphatic heterocycles. The highest BCUT2D eigenvalue weighted by Gasteiger charge is 2.22. The molecular formula is C15H24BrN3O. The van der Waals surface area contributed by atoms with Gasteiger partial charge in [-0.25, -0.2) is 4.98 Å². The van der Waals surface area contributed by atoms with Gasteiger partial charge in [0.25, 0.3) is 0 Å². The van der Waals surface area contributed by atoms with Crippen LogP contribution in [0.5, 0.6) is 0 Å². The minimum atomic E-state index is 0.401. The zero-order valence-corrected chi connectivity index (χ0v) is 14.1. The molecule has 20 heavy (non-hydrogen) atoms. The third-order valence-electron chi connectivity index (χ3n) is 3.50. The van der Waals surface area contributed by atoms with Crippen LogP contribution in [0.2, 0.25) is 0 Å². The molecule has 4 nitrogen and oxygen atoms in total. The highest BCUT2D eigenvalue weighted by Crippen LogP contribution is 2.25. The highest BCUT2D eigenvalue weighted by atomic mass is 79.9. The standard InChI is InChI=1S/C15H24BrN3O/c1-11(2)19(6-7-20-3)15-12(8-13(16)10-18-15)9-17-14-4-5-14/h8,10-11,14,17H,4-7,9H2,1-3H3. The topological polar surface area (TPSA) is 37.4 Å². The normalized spacial score (nSPS) is 14.8. The second-order valence-electron chi connectivity index (χ2n) is 5.57. The van der Waals surface area contributed by atoms with Gasteiger partial charge in [0.15, 0.2) is 0 Å². The molecule has 1 fully saturated rings. The van der Waals surface area contributed by atoms with E-state index in [9.17, 15) is 0 Å². The zero-order valence-electron chi connectivity index (χ0n) is 12.5. The van der Waals surface area contributed by atoms with Crippen LogP contribution in [0, 0.1) is 0 Å². The van der Waals surface area contributed by atoms with Crippen LogP contribution in [0.15, 0.2) is 16.7 Å². The Labute approximate surface area is 130 Å². The third kappa shape index (κ3) is 4.43. The molecule has 2 rings (SSSR count). The quantitative estimate of drug-likeness (QED) is 0.788.